The smallest absolute Gasteiger partial charge is 0.408 e. The number of amides is 3. The molecule has 30 heavy (non-hydrogen) atoms. The van der Waals surface area contributed by atoms with Crippen molar-refractivity contribution in [1.29, 1.82) is 0 Å². The summed E-state index contributed by atoms with van der Waals surface area (Å²) in [6, 6.07) is 12.6. The summed E-state index contributed by atoms with van der Waals surface area (Å²) >= 11 is 0. The number of nitrogens with two attached hydrogens (primary N) is 1. The molecule has 0 aliphatic heterocycles. The van der Waals surface area contributed by atoms with E-state index in [1.807, 2.05) is 6.07 Å². The number of aliphatic hydroxyl groups excluding tert-OH is 1. The van der Waals surface area contributed by atoms with Crippen molar-refractivity contribution in [3.63, 3.8) is 0 Å². The molecule has 0 unspecified atom stereocenters. The summed E-state index contributed by atoms with van der Waals surface area (Å²) in [7, 11) is 0. The molecule has 6 N–H and O–H groups in total. The molecule has 2 rings (SSSR count). The first-order valence-corrected chi connectivity index (χ1v) is 9.29. The molecule has 0 spiro atoms. The van der Waals surface area contributed by atoms with Gasteiger partial charge in [0.2, 0.25) is 11.8 Å². The molecule has 0 heterocycles. The van der Waals surface area contributed by atoms with Crippen molar-refractivity contribution < 1.29 is 29.3 Å². The van der Waals surface area contributed by atoms with Crippen LogP contribution in [0, 0.1) is 0 Å². The Morgan fingerprint density at radius 2 is 1.63 bits per heavy atom. The molecule has 0 bridgehead atoms. The highest BCUT2D eigenvalue weighted by Gasteiger charge is 2.29. The summed E-state index contributed by atoms with van der Waals surface area (Å²) in [6.45, 7) is 1.32. The van der Waals surface area contributed by atoms with E-state index in [0.717, 1.165) is 5.56 Å². The second-order valence-electron chi connectivity index (χ2n) is 6.76. The first kappa shape index (κ1) is 22.7. The van der Waals surface area contributed by atoms with E-state index >= 15 is 0 Å². The molecule has 0 saturated heterocycles. The van der Waals surface area contributed by atoms with Crippen LogP contribution in [0.2, 0.25) is 0 Å². The maximum absolute atomic E-state index is 12.7. The molecule has 0 aromatic heterocycles. The lowest BCUT2D eigenvalue weighted by atomic mass is 10.0. The van der Waals surface area contributed by atoms with Crippen molar-refractivity contribution in [2.75, 3.05) is 0 Å². The number of nitrogens with one attached hydrogen (secondary N) is 2. The highest BCUT2D eigenvalue weighted by molar-refractivity contribution is 5.91. The van der Waals surface area contributed by atoms with Gasteiger partial charge < -0.3 is 31.3 Å². The SMILES string of the molecule is C[C@H](O)[C@H](NC(=O)[C@@H](Cc1ccc(O)cc1)NC(=O)OCc1ccccc1)C(N)=O. The molecule has 0 radical (unpaired) electrons. The molecule has 3 atom stereocenters. The normalized spacial score (nSPS) is 13.5. The lowest BCUT2D eigenvalue weighted by Crippen LogP contribution is -2.56. The van der Waals surface area contributed by atoms with Gasteiger partial charge in [0.05, 0.1) is 6.10 Å². The van der Waals surface area contributed by atoms with E-state index < -0.39 is 36.1 Å². The van der Waals surface area contributed by atoms with E-state index in [0.29, 0.717) is 5.56 Å². The summed E-state index contributed by atoms with van der Waals surface area (Å²) in [5, 5.41) is 23.9. The number of aromatic hydroxyl groups is 1. The van der Waals surface area contributed by atoms with Crippen molar-refractivity contribution >= 4 is 17.9 Å². The number of ether oxygens (including phenoxy) is 1. The van der Waals surface area contributed by atoms with Crippen LogP contribution in [0.3, 0.4) is 0 Å². The maximum Gasteiger partial charge on any atom is 0.408 e. The van der Waals surface area contributed by atoms with Gasteiger partial charge in [-0.2, -0.15) is 0 Å². The van der Waals surface area contributed by atoms with E-state index in [1.165, 1.54) is 19.1 Å². The Morgan fingerprint density at radius 1 is 1.00 bits per heavy atom. The Bertz CT molecular complexity index is 855. The van der Waals surface area contributed by atoms with Crippen LogP contribution in [-0.2, 0) is 27.4 Å². The molecule has 2 aromatic rings. The molecule has 9 nitrogen and oxygen atoms in total. The molecule has 3 amide bonds. The van der Waals surface area contributed by atoms with Crippen LogP contribution in [0.15, 0.2) is 54.6 Å². The van der Waals surface area contributed by atoms with Gasteiger partial charge in [-0.3, -0.25) is 9.59 Å². The molecule has 160 valence electrons. The zero-order valence-corrected chi connectivity index (χ0v) is 16.4. The van der Waals surface area contributed by atoms with E-state index in [-0.39, 0.29) is 18.8 Å². The average molecular weight is 415 g/mol. The van der Waals surface area contributed by atoms with E-state index in [9.17, 15) is 24.6 Å². The van der Waals surface area contributed by atoms with Crippen molar-refractivity contribution in [3.05, 3.63) is 65.7 Å². The van der Waals surface area contributed by atoms with Gasteiger partial charge in [-0.05, 0) is 30.2 Å². The van der Waals surface area contributed by atoms with Crippen LogP contribution in [0.5, 0.6) is 5.75 Å². The molecule has 0 fully saturated rings. The van der Waals surface area contributed by atoms with E-state index in [1.54, 1.807) is 36.4 Å². The Balaban J connectivity index is 2.09. The van der Waals surface area contributed by atoms with Crippen LogP contribution >= 0.6 is 0 Å². The summed E-state index contributed by atoms with van der Waals surface area (Å²) in [4.78, 5) is 36.4. The van der Waals surface area contributed by atoms with Crippen LogP contribution in [0.1, 0.15) is 18.1 Å². The number of hydrogen-bond acceptors (Lipinski definition) is 6. The number of benzene rings is 2. The predicted octanol–water partition coefficient (Wildman–Crippen LogP) is 0.581. The van der Waals surface area contributed by atoms with Gasteiger partial charge in [-0.15, -0.1) is 0 Å². The Kier molecular flexibility index (Phi) is 8.18. The van der Waals surface area contributed by atoms with Crippen molar-refractivity contribution in [2.24, 2.45) is 5.73 Å². The van der Waals surface area contributed by atoms with Crippen LogP contribution < -0.4 is 16.4 Å². The zero-order chi connectivity index (χ0) is 22.1. The second kappa shape index (κ2) is 10.8. The largest absolute Gasteiger partial charge is 0.508 e. The Morgan fingerprint density at radius 3 is 2.20 bits per heavy atom. The summed E-state index contributed by atoms with van der Waals surface area (Å²) in [5.41, 5.74) is 6.63. The minimum absolute atomic E-state index is 0.0117. The third kappa shape index (κ3) is 7.10. The van der Waals surface area contributed by atoms with Crippen LogP contribution in [0.4, 0.5) is 4.79 Å². The zero-order valence-electron chi connectivity index (χ0n) is 16.4. The number of phenols is 1. The van der Waals surface area contributed by atoms with Gasteiger partial charge in [0.25, 0.3) is 0 Å². The fourth-order valence-corrected chi connectivity index (χ4v) is 2.67. The maximum atomic E-state index is 12.7. The molecule has 0 saturated carbocycles. The topological polar surface area (TPSA) is 151 Å². The molecule has 9 heteroatoms. The van der Waals surface area contributed by atoms with Gasteiger partial charge in [0.1, 0.15) is 24.4 Å². The Labute approximate surface area is 173 Å². The number of aliphatic hydroxyl groups is 1. The number of phenolic OH excluding ortho intramolecular Hbond substituents is 1. The monoisotopic (exact) mass is 415 g/mol. The van der Waals surface area contributed by atoms with Crippen LogP contribution in [-0.4, -0.2) is 46.3 Å². The van der Waals surface area contributed by atoms with Crippen molar-refractivity contribution in [2.45, 2.75) is 38.1 Å². The number of hydrogen-bond donors (Lipinski definition) is 5. The lowest BCUT2D eigenvalue weighted by Gasteiger charge is -2.23. The van der Waals surface area contributed by atoms with Gasteiger partial charge >= 0.3 is 6.09 Å². The average Bonchev–Trinajstić information content (AvgIpc) is 2.71. The highest BCUT2D eigenvalue weighted by atomic mass is 16.5. The number of carbonyl (C=O) groups excluding carboxylic acids is 3. The Hall–Kier alpha value is -3.59. The third-order valence-electron chi connectivity index (χ3n) is 4.28. The second-order valence-corrected chi connectivity index (χ2v) is 6.76. The molecule has 2 aromatic carbocycles. The van der Waals surface area contributed by atoms with Crippen LogP contribution in [0.25, 0.3) is 0 Å². The minimum Gasteiger partial charge on any atom is -0.508 e. The minimum atomic E-state index is -1.32. The number of primary amides is 1. The summed E-state index contributed by atoms with van der Waals surface area (Å²) in [5.74, 6) is -1.57. The number of rotatable bonds is 9. The molecule has 0 aliphatic carbocycles. The van der Waals surface area contributed by atoms with Gasteiger partial charge in [0.15, 0.2) is 0 Å². The van der Waals surface area contributed by atoms with E-state index in [4.69, 9.17) is 10.5 Å². The molecular weight excluding hydrogens is 390 g/mol. The fourth-order valence-electron chi connectivity index (χ4n) is 2.67. The predicted molar refractivity (Wildman–Crippen MR) is 108 cm³/mol. The first-order valence-electron chi connectivity index (χ1n) is 9.29. The van der Waals surface area contributed by atoms with Crippen molar-refractivity contribution in [3.8, 4) is 5.75 Å². The summed E-state index contributed by atoms with van der Waals surface area (Å²) in [6.07, 6.45) is -1.99. The molecular formula is C21H25N3O6. The van der Waals surface area contributed by atoms with E-state index in [2.05, 4.69) is 10.6 Å². The standard InChI is InChI=1S/C21H25N3O6/c1-13(25)18(19(22)27)24-20(28)17(11-14-7-9-16(26)10-8-14)23-21(29)30-12-15-5-3-2-4-6-15/h2-10,13,17-18,25-26H,11-12H2,1H3,(H2,22,27)(H,23,29)(H,24,28)/t13-,17+,18-/m0/s1. The van der Waals surface area contributed by atoms with Gasteiger partial charge in [-0.25, -0.2) is 4.79 Å². The lowest BCUT2D eigenvalue weighted by molar-refractivity contribution is -0.130. The quantitative estimate of drug-likeness (QED) is 0.404. The fraction of sp³-hybridized carbons (Fsp3) is 0.286. The summed E-state index contributed by atoms with van der Waals surface area (Å²) < 4.78 is 5.15. The van der Waals surface area contributed by atoms with Crippen molar-refractivity contribution in [1.82, 2.24) is 10.6 Å². The first-order chi connectivity index (χ1) is 14.3. The molecule has 0 aliphatic rings. The number of alkyl carbamates (subject to hydrolysis) is 1. The van der Waals surface area contributed by atoms with Gasteiger partial charge in [-0.1, -0.05) is 42.5 Å². The van der Waals surface area contributed by atoms with Gasteiger partial charge in [0, 0.05) is 6.42 Å². The number of carbonyl (C=O) groups is 3. The third-order valence-corrected chi connectivity index (χ3v) is 4.28. The highest BCUT2D eigenvalue weighted by Crippen LogP contribution is 2.12.